The fourth-order valence-corrected chi connectivity index (χ4v) is 3.31. The molecule has 0 saturated heterocycles. The van der Waals surface area contributed by atoms with Crippen molar-refractivity contribution >= 4 is 23.5 Å². The van der Waals surface area contributed by atoms with Crippen LogP contribution in [0.2, 0.25) is 0 Å². The highest BCUT2D eigenvalue weighted by molar-refractivity contribution is 6.38. The maximum Gasteiger partial charge on any atom is 0.290 e. The number of amides is 3. The number of hydrogen-bond acceptors (Lipinski definition) is 5. The summed E-state index contributed by atoms with van der Waals surface area (Å²) in [5.74, 6) is -2.44. The Bertz CT molecular complexity index is 971. The molecule has 3 amide bonds. The Labute approximate surface area is 200 Å². The van der Waals surface area contributed by atoms with E-state index in [0.717, 1.165) is 12.0 Å². The predicted octanol–water partition coefficient (Wildman–Crippen LogP) is 2.58. The van der Waals surface area contributed by atoms with Crippen LogP contribution >= 0.6 is 0 Å². The highest BCUT2D eigenvalue weighted by Crippen LogP contribution is 2.09. The molecule has 1 aromatic carbocycles. The van der Waals surface area contributed by atoms with Crippen molar-refractivity contribution in [1.82, 2.24) is 20.9 Å². The average molecular weight is 467 g/mol. The smallest absolute Gasteiger partial charge is 0.290 e. The molecule has 0 aliphatic carbocycles. The molecule has 1 heterocycles. The van der Waals surface area contributed by atoms with Gasteiger partial charge in [0.15, 0.2) is 0 Å². The molecule has 3 N–H and O–H groups in total. The first-order valence-electron chi connectivity index (χ1n) is 11.5. The first-order chi connectivity index (χ1) is 16.1. The van der Waals surface area contributed by atoms with Gasteiger partial charge in [-0.2, -0.15) is 0 Å². The zero-order valence-corrected chi connectivity index (χ0v) is 20.3. The number of benzene rings is 1. The van der Waals surface area contributed by atoms with Crippen LogP contribution in [-0.4, -0.2) is 46.1 Å². The van der Waals surface area contributed by atoms with Crippen molar-refractivity contribution < 1.29 is 19.2 Å². The summed E-state index contributed by atoms with van der Waals surface area (Å²) in [6.45, 7) is 7.31. The topological polar surface area (TPSA) is 117 Å². The van der Waals surface area contributed by atoms with Gasteiger partial charge in [0.1, 0.15) is 12.1 Å². The maximum atomic E-state index is 13.2. The van der Waals surface area contributed by atoms with Crippen LogP contribution in [0.15, 0.2) is 54.9 Å². The van der Waals surface area contributed by atoms with Gasteiger partial charge in [0.25, 0.3) is 11.8 Å². The minimum absolute atomic E-state index is 0.153. The van der Waals surface area contributed by atoms with E-state index >= 15 is 0 Å². The lowest BCUT2D eigenvalue weighted by molar-refractivity contribution is -0.141. The van der Waals surface area contributed by atoms with Crippen molar-refractivity contribution in [2.75, 3.05) is 0 Å². The van der Waals surface area contributed by atoms with Crippen LogP contribution < -0.4 is 16.0 Å². The van der Waals surface area contributed by atoms with Crippen molar-refractivity contribution in [1.29, 1.82) is 0 Å². The van der Waals surface area contributed by atoms with Crippen LogP contribution in [0.25, 0.3) is 0 Å². The van der Waals surface area contributed by atoms with Gasteiger partial charge in [0.05, 0.1) is 5.56 Å². The number of rotatable bonds is 11. The minimum atomic E-state index is -1.07. The third-order valence-corrected chi connectivity index (χ3v) is 5.02. The lowest BCUT2D eigenvalue weighted by Crippen LogP contribution is -2.56. The summed E-state index contributed by atoms with van der Waals surface area (Å²) >= 11 is 0. The van der Waals surface area contributed by atoms with E-state index in [-0.39, 0.29) is 6.42 Å². The molecule has 2 aromatic rings. The number of aromatic nitrogens is 1. The van der Waals surface area contributed by atoms with E-state index in [1.165, 1.54) is 6.20 Å². The summed E-state index contributed by atoms with van der Waals surface area (Å²) < 4.78 is 0. The van der Waals surface area contributed by atoms with Gasteiger partial charge < -0.3 is 16.0 Å². The number of nitrogens with zero attached hydrogens (tertiary/aromatic N) is 1. The Hall–Kier alpha value is -3.55. The number of unbranched alkanes of at least 4 members (excludes halogenated alkanes) is 1. The number of hydrogen-bond donors (Lipinski definition) is 3. The molecule has 34 heavy (non-hydrogen) atoms. The van der Waals surface area contributed by atoms with Gasteiger partial charge in [-0.05, 0) is 44.9 Å². The van der Waals surface area contributed by atoms with Crippen LogP contribution in [0.3, 0.4) is 0 Å². The number of carbonyl (C=O) groups excluding carboxylic acids is 4. The van der Waals surface area contributed by atoms with Crippen LogP contribution in [0.1, 0.15) is 62.9 Å². The van der Waals surface area contributed by atoms with E-state index in [1.807, 2.05) is 37.3 Å². The number of ketones is 1. The number of carbonyl (C=O) groups is 4. The molecule has 0 fully saturated rings. The minimum Gasteiger partial charge on any atom is -0.345 e. The number of pyridine rings is 1. The second-order valence-electron chi connectivity index (χ2n) is 9.23. The maximum absolute atomic E-state index is 13.2. The van der Waals surface area contributed by atoms with Gasteiger partial charge >= 0.3 is 0 Å². The summed E-state index contributed by atoms with van der Waals surface area (Å²) in [6, 6.07) is 10.5. The third kappa shape index (κ3) is 8.77. The largest absolute Gasteiger partial charge is 0.345 e. The fourth-order valence-electron chi connectivity index (χ4n) is 3.31. The van der Waals surface area contributed by atoms with Crippen molar-refractivity contribution in [3.8, 4) is 0 Å². The van der Waals surface area contributed by atoms with Crippen LogP contribution in [0, 0.1) is 0 Å². The molecule has 1 aromatic heterocycles. The standard InChI is InChI=1S/C26H34N4O4/c1-5-6-14-20(28-23(32)19-13-10-15-27-17-19)24(33)29-21(16-18-11-8-7-9-12-18)22(31)25(34)30-26(2,3)4/h7-13,15,17,20-21H,5-6,14,16H2,1-4H3,(H,28,32)(H,29,33)(H,30,34). The monoisotopic (exact) mass is 466 g/mol. The molecule has 0 saturated carbocycles. The highest BCUT2D eigenvalue weighted by atomic mass is 16.2. The highest BCUT2D eigenvalue weighted by Gasteiger charge is 2.31. The van der Waals surface area contributed by atoms with Gasteiger partial charge in [-0.15, -0.1) is 0 Å². The van der Waals surface area contributed by atoms with Gasteiger partial charge in [-0.3, -0.25) is 24.2 Å². The summed E-state index contributed by atoms with van der Waals surface area (Å²) in [5, 5.41) is 8.12. The van der Waals surface area contributed by atoms with Gasteiger partial charge in [0.2, 0.25) is 11.7 Å². The predicted molar refractivity (Wildman–Crippen MR) is 130 cm³/mol. The Morgan fingerprint density at radius 3 is 2.24 bits per heavy atom. The number of Topliss-reactive ketones (excluding diaryl/α,β-unsaturated/α-hetero) is 1. The first kappa shape index (κ1) is 26.7. The molecule has 2 unspecified atom stereocenters. The summed E-state index contributed by atoms with van der Waals surface area (Å²) in [6.07, 6.45) is 5.05. The van der Waals surface area contributed by atoms with Crippen molar-refractivity contribution in [2.24, 2.45) is 0 Å². The molecule has 0 radical (unpaired) electrons. The Morgan fingerprint density at radius 1 is 0.941 bits per heavy atom. The molecule has 2 atom stereocenters. The molecule has 2 rings (SSSR count). The molecule has 0 aliphatic rings. The second kappa shape index (κ2) is 12.6. The van der Waals surface area contributed by atoms with E-state index in [2.05, 4.69) is 20.9 Å². The number of nitrogens with one attached hydrogen (secondary N) is 3. The Morgan fingerprint density at radius 2 is 1.65 bits per heavy atom. The SMILES string of the molecule is CCCCC(NC(=O)c1cccnc1)C(=O)NC(Cc1ccccc1)C(=O)C(=O)NC(C)(C)C. The van der Waals surface area contributed by atoms with Gasteiger partial charge in [-0.25, -0.2) is 0 Å². The fraction of sp³-hybridized carbons (Fsp3) is 0.423. The molecular weight excluding hydrogens is 432 g/mol. The summed E-state index contributed by atoms with van der Waals surface area (Å²) in [4.78, 5) is 55.4. The molecule has 0 spiro atoms. The zero-order valence-electron chi connectivity index (χ0n) is 20.3. The molecule has 8 heteroatoms. The molecule has 0 aliphatic heterocycles. The molecule has 0 bridgehead atoms. The lowest BCUT2D eigenvalue weighted by atomic mass is 9.99. The van der Waals surface area contributed by atoms with Crippen LogP contribution in [0.5, 0.6) is 0 Å². The lowest BCUT2D eigenvalue weighted by Gasteiger charge is -2.25. The third-order valence-electron chi connectivity index (χ3n) is 5.02. The Balaban J connectivity index is 2.22. The van der Waals surface area contributed by atoms with Crippen molar-refractivity contribution in [2.45, 2.75) is 71.0 Å². The molecule has 8 nitrogen and oxygen atoms in total. The van der Waals surface area contributed by atoms with Crippen molar-refractivity contribution in [3.05, 3.63) is 66.0 Å². The van der Waals surface area contributed by atoms with Crippen LogP contribution in [-0.2, 0) is 20.8 Å². The molecule has 182 valence electrons. The summed E-state index contributed by atoms with van der Waals surface area (Å²) in [7, 11) is 0. The average Bonchev–Trinajstić information content (AvgIpc) is 2.80. The van der Waals surface area contributed by atoms with Crippen LogP contribution in [0.4, 0.5) is 0 Å². The summed E-state index contributed by atoms with van der Waals surface area (Å²) in [5.41, 5.74) is 0.530. The van der Waals surface area contributed by atoms with Crippen molar-refractivity contribution in [3.63, 3.8) is 0 Å². The van der Waals surface area contributed by atoms with Gasteiger partial charge in [0, 0.05) is 24.4 Å². The second-order valence-corrected chi connectivity index (χ2v) is 9.23. The van der Waals surface area contributed by atoms with E-state index in [0.29, 0.717) is 18.4 Å². The normalized spacial score (nSPS) is 12.8. The van der Waals surface area contributed by atoms with Gasteiger partial charge in [-0.1, -0.05) is 50.1 Å². The van der Waals surface area contributed by atoms with E-state index in [1.54, 1.807) is 39.1 Å². The quantitative estimate of drug-likeness (QED) is 0.440. The Kier molecular flexibility index (Phi) is 9.92. The zero-order chi connectivity index (χ0) is 25.1. The first-order valence-corrected chi connectivity index (χ1v) is 11.5. The molecular formula is C26H34N4O4. The van der Waals surface area contributed by atoms with E-state index in [9.17, 15) is 19.2 Å². The van der Waals surface area contributed by atoms with E-state index < -0.39 is 41.1 Å². The van der Waals surface area contributed by atoms with E-state index in [4.69, 9.17) is 0 Å².